The number of ether oxygens (including phenoxy) is 8. The van der Waals surface area contributed by atoms with E-state index in [9.17, 15) is 51.1 Å². The van der Waals surface area contributed by atoms with E-state index in [1.54, 1.807) is 0 Å². The zero-order valence-electron chi connectivity index (χ0n) is 39.7. The molecule has 0 aromatic rings. The topological polar surface area (TPSA) is 276 Å². The quantitative estimate of drug-likeness (QED) is 0.105. The van der Waals surface area contributed by atoms with Crippen molar-refractivity contribution in [2.45, 2.75) is 222 Å². The van der Waals surface area contributed by atoms with E-state index in [-0.39, 0.29) is 40.1 Å². The third kappa shape index (κ3) is 7.32. The van der Waals surface area contributed by atoms with Gasteiger partial charge in [-0.1, -0.05) is 39.3 Å². The number of hydrogen-bond donors (Lipinski definition) is 10. The van der Waals surface area contributed by atoms with Crippen LogP contribution in [-0.4, -0.2) is 187 Å². The molecule has 0 radical (unpaired) electrons. The van der Waals surface area contributed by atoms with Gasteiger partial charge in [0, 0.05) is 17.8 Å². The lowest BCUT2D eigenvalue weighted by Crippen LogP contribution is -2.68. The number of allylic oxidation sites excluding steroid dienone is 1. The van der Waals surface area contributed by atoms with Crippen molar-refractivity contribution in [2.75, 3.05) is 19.8 Å². The van der Waals surface area contributed by atoms with Crippen LogP contribution >= 0.6 is 0 Å². The molecule has 9 rings (SSSR count). The van der Waals surface area contributed by atoms with Crippen LogP contribution in [0.1, 0.15) is 107 Å². The van der Waals surface area contributed by atoms with E-state index in [0.29, 0.717) is 25.4 Å². The minimum absolute atomic E-state index is 0.0887. The number of aliphatic hydroxyl groups is 10. The first-order valence-corrected chi connectivity index (χ1v) is 24.5. The normalized spacial score (nSPS) is 57.4. The van der Waals surface area contributed by atoms with Crippen molar-refractivity contribution in [1.29, 1.82) is 0 Å². The van der Waals surface area contributed by atoms with Gasteiger partial charge in [-0.25, -0.2) is 0 Å². The SMILES string of the molecule is CC(C)=CCC1O[C@]23C[C@]4(CO2)C(CC[C@@H]2[C@@]5(C)CCC(O[C@@H]6O[C@H](CO)[C@@H](O)[C@H](O[C@@H]7O[C@H](CO)[C@@H](O)[C@H](O)[C@H]7O)[C@H]6O[C@@H]6O[C@@H](C)[C@H](O)[C@@H](O)[C@H]6O)C(C)(C)C5CC[C@]24C)C3C1(C)O. The molecular weight excluding hydrogens is 865 g/mol. The van der Waals surface area contributed by atoms with Crippen LogP contribution in [0.3, 0.4) is 0 Å². The Morgan fingerprint density at radius 1 is 0.667 bits per heavy atom. The zero-order chi connectivity index (χ0) is 47.8. The fraction of sp³-hybridized carbons (Fsp3) is 0.958. The molecule has 5 saturated heterocycles. The lowest BCUT2D eigenvalue weighted by molar-refractivity contribution is -0.398. The van der Waals surface area contributed by atoms with E-state index >= 15 is 0 Å². The highest BCUT2D eigenvalue weighted by atomic mass is 16.8. The zero-order valence-corrected chi connectivity index (χ0v) is 39.7. The highest BCUT2D eigenvalue weighted by molar-refractivity contribution is 5.28. The Morgan fingerprint density at radius 2 is 1.29 bits per heavy atom. The minimum atomic E-state index is -1.86. The van der Waals surface area contributed by atoms with Crippen molar-refractivity contribution >= 4 is 0 Å². The largest absolute Gasteiger partial charge is 0.394 e. The maximum atomic E-state index is 12.3. The van der Waals surface area contributed by atoms with E-state index < -0.39 is 128 Å². The summed E-state index contributed by atoms with van der Waals surface area (Å²) in [4.78, 5) is 0. The predicted octanol–water partition coefficient (Wildman–Crippen LogP) is 0.355. The Morgan fingerprint density at radius 3 is 1.95 bits per heavy atom. The lowest BCUT2D eigenvalue weighted by atomic mass is 9.35. The molecular formula is C48H78O18. The van der Waals surface area contributed by atoms with E-state index in [1.807, 2.05) is 6.92 Å². The summed E-state index contributed by atoms with van der Waals surface area (Å²) in [5.74, 6) is -0.143. The standard InChI is InChI=1S/C48H78O18/c1-21(2)9-12-29-46(8,58)39-23-10-11-27-44(6)15-14-28(43(4,5)26(44)13-16-45(27,7)47(23)19-48(39,66-29)59-20-47)63-42-38(65-40-35(56)33(54)30(51)22(3)60-40)37(32(53)25(18-50)62-42)64-41-36(57)34(55)31(52)24(17-49)61-41/h9,22-42,49-58H,10-20H2,1-8H3/t22-,23?,24+,25+,26?,27+,28?,29?,30-,31+,32+,33+,34-,35+,36+,37-,38+,39?,40-,41-,42-,44-,45+,46?,47-,48-/m0/s1. The number of aliphatic hydroxyl groups excluding tert-OH is 9. The molecule has 18 nitrogen and oxygen atoms in total. The van der Waals surface area contributed by atoms with Crippen molar-refractivity contribution in [3.8, 4) is 0 Å². The maximum Gasteiger partial charge on any atom is 0.187 e. The van der Waals surface area contributed by atoms with Crippen LogP contribution in [0.2, 0.25) is 0 Å². The predicted molar refractivity (Wildman–Crippen MR) is 229 cm³/mol. The third-order valence-electron chi connectivity index (χ3n) is 19.3. The second kappa shape index (κ2) is 17.4. The molecule has 26 atom stereocenters. The monoisotopic (exact) mass is 943 g/mol. The first kappa shape index (κ1) is 50.0. The average molecular weight is 943 g/mol. The first-order chi connectivity index (χ1) is 30.9. The van der Waals surface area contributed by atoms with Crippen LogP contribution in [0.25, 0.3) is 0 Å². The highest BCUT2D eigenvalue weighted by Gasteiger charge is 2.82. The molecule has 10 N–H and O–H groups in total. The van der Waals surface area contributed by atoms with Crippen molar-refractivity contribution < 1.29 is 89.0 Å². The summed E-state index contributed by atoms with van der Waals surface area (Å²) in [6.45, 7) is 16.1. The Hall–Kier alpha value is -0.980. The molecule has 0 amide bonds. The molecule has 378 valence electrons. The van der Waals surface area contributed by atoms with Crippen LogP contribution < -0.4 is 0 Å². The first-order valence-electron chi connectivity index (χ1n) is 24.5. The Balaban J connectivity index is 0.986. The molecule has 6 unspecified atom stereocenters. The summed E-state index contributed by atoms with van der Waals surface area (Å²) in [5.41, 5.74) is -0.692. The Kier molecular flexibility index (Phi) is 13.1. The van der Waals surface area contributed by atoms with E-state index in [1.165, 1.54) is 12.5 Å². The average Bonchev–Trinajstić information content (AvgIpc) is 3.87. The third-order valence-corrected chi connectivity index (χ3v) is 19.3. The fourth-order valence-corrected chi connectivity index (χ4v) is 15.9. The van der Waals surface area contributed by atoms with Crippen LogP contribution in [0.5, 0.6) is 0 Å². The van der Waals surface area contributed by atoms with E-state index in [0.717, 1.165) is 38.5 Å². The van der Waals surface area contributed by atoms with Gasteiger partial charge in [-0.05, 0) is 107 Å². The minimum Gasteiger partial charge on any atom is -0.394 e. The summed E-state index contributed by atoms with van der Waals surface area (Å²) in [6.07, 6.45) is -15.6. The summed E-state index contributed by atoms with van der Waals surface area (Å²) >= 11 is 0. The maximum absolute atomic E-state index is 12.3. The summed E-state index contributed by atoms with van der Waals surface area (Å²) in [7, 11) is 0. The van der Waals surface area contributed by atoms with Gasteiger partial charge in [-0.3, -0.25) is 0 Å². The van der Waals surface area contributed by atoms with Gasteiger partial charge in [-0.2, -0.15) is 0 Å². The molecule has 9 fully saturated rings. The number of fused-ring (bicyclic) bond motifs is 4. The van der Waals surface area contributed by atoms with Crippen LogP contribution in [0.15, 0.2) is 11.6 Å². The number of hydrogen-bond acceptors (Lipinski definition) is 18. The molecule has 4 saturated carbocycles. The van der Waals surface area contributed by atoms with Crippen molar-refractivity contribution in [2.24, 2.45) is 45.3 Å². The molecule has 0 aromatic heterocycles. The Labute approximate surface area is 387 Å². The summed E-state index contributed by atoms with van der Waals surface area (Å²) < 4.78 is 51.1. The van der Waals surface area contributed by atoms with E-state index in [4.69, 9.17) is 37.9 Å². The smallest absolute Gasteiger partial charge is 0.187 e. The van der Waals surface area contributed by atoms with Crippen LogP contribution in [0, 0.1) is 45.3 Å². The molecule has 4 aliphatic carbocycles. The molecule has 18 heteroatoms. The van der Waals surface area contributed by atoms with Gasteiger partial charge >= 0.3 is 0 Å². The highest BCUT2D eigenvalue weighted by Crippen LogP contribution is 2.81. The van der Waals surface area contributed by atoms with Crippen LogP contribution in [-0.2, 0) is 37.9 Å². The van der Waals surface area contributed by atoms with Gasteiger partial charge in [0.25, 0.3) is 0 Å². The van der Waals surface area contributed by atoms with Crippen molar-refractivity contribution in [3.05, 3.63) is 11.6 Å². The second-order valence-electron chi connectivity index (χ2n) is 23.3. The summed E-state index contributed by atoms with van der Waals surface area (Å²) in [6, 6.07) is 0. The van der Waals surface area contributed by atoms with Crippen molar-refractivity contribution in [1.82, 2.24) is 0 Å². The molecule has 2 spiro atoms. The fourth-order valence-electron chi connectivity index (χ4n) is 15.9. The summed E-state index contributed by atoms with van der Waals surface area (Å²) in [5, 5.41) is 109. The molecule has 0 aromatic carbocycles. The van der Waals surface area contributed by atoms with Gasteiger partial charge < -0.3 is 89.0 Å². The molecule has 2 bridgehead atoms. The Bertz CT molecular complexity index is 1790. The number of rotatable bonds is 10. The van der Waals surface area contributed by atoms with E-state index in [2.05, 4.69) is 47.6 Å². The lowest BCUT2D eigenvalue weighted by Gasteiger charge is -2.70. The second-order valence-corrected chi connectivity index (χ2v) is 23.3. The van der Waals surface area contributed by atoms with Gasteiger partial charge in [0.2, 0.25) is 0 Å². The van der Waals surface area contributed by atoms with Gasteiger partial charge in [0.1, 0.15) is 67.1 Å². The van der Waals surface area contributed by atoms with Gasteiger partial charge in [0.15, 0.2) is 24.7 Å². The van der Waals surface area contributed by atoms with Crippen molar-refractivity contribution in [3.63, 3.8) is 0 Å². The molecule has 5 heterocycles. The molecule has 5 aliphatic heterocycles. The molecule has 66 heavy (non-hydrogen) atoms. The van der Waals surface area contributed by atoms with Crippen LogP contribution in [0.4, 0.5) is 0 Å². The van der Waals surface area contributed by atoms with Gasteiger partial charge in [0.05, 0.1) is 43.7 Å². The van der Waals surface area contributed by atoms with Gasteiger partial charge in [-0.15, -0.1) is 0 Å². The molecule has 9 aliphatic rings.